The van der Waals surface area contributed by atoms with Gasteiger partial charge < -0.3 is 15.0 Å². The van der Waals surface area contributed by atoms with Crippen LogP contribution in [0.3, 0.4) is 0 Å². The number of hydrogen-bond acceptors (Lipinski definition) is 4. The molecule has 0 spiro atoms. The first-order valence-corrected chi connectivity index (χ1v) is 10.6. The fraction of sp³-hybridized carbons (Fsp3) is 0.545. The predicted octanol–water partition coefficient (Wildman–Crippen LogP) is 4.96. The summed E-state index contributed by atoms with van der Waals surface area (Å²) in [5.74, 6) is 0.386. The van der Waals surface area contributed by atoms with Crippen molar-refractivity contribution in [1.82, 2.24) is 14.7 Å². The molecule has 4 rings (SSSR count). The molecule has 6 nitrogen and oxygen atoms in total. The number of benzene rings is 1. The molecule has 1 saturated carbocycles. The van der Waals surface area contributed by atoms with Crippen LogP contribution in [0.1, 0.15) is 66.5 Å². The molecule has 1 amide bonds. The summed E-state index contributed by atoms with van der Waals surface area (Å²) in [4.78, 5) is 14.9. The lowest BCUT2D eigenvalue weighted by Crippen LogP contribution is -2.39. The molecule has 0 saturated heterocycles. The lowest BCUT2D eigenvalue weighted by Gasteiger charge is -2.35. The second-order valence-corrected chi connectivity index (χ2v) is 8.33. The Morgan fingerprint density at radius 2 is 2.00 bits per heavy atom. The molecule has 0 radical (unpaired) electrons. The Morgan fingerprint density at radius 3 is 2.68 bits per heavy atom. The van der Waals surface area contributed by atoms with Crippen LogP contribution in [-0.2, 0) is 0 Å². The van der Waals surface area contributed by atoms with Crippen molar-refractivity contribution in [3.63, 3.8) is 0 Å². The molecule has 2 heterocycles. The maximum absolute atomic E-state index is 13.9. The normalized spacial score (nSPS) is 21.8. The minimum absolute atomic E-state index is 0.105. The molecule has 1 aromatic carbocycles. The Balaban J connectivity index is 1.68. The van der Waals surface area contributed by atoms with Gasteiger partial charge in [0.1, 0.15) is 17.1 Å². The topological polar surface area (TPSA) is 59.4 Å². The number of nitrogens with zero attached hydrogens (tertiary/aromatic N) is 3. The van der Waals surface area contributed by atoms with Gasteiger partial charge >= 0.3 is 6.18 Å². The van der Waals surface area contributed by atoms with Crippen molar-refractivity contribution in [2.45, 2.75) is 62.8 Å². The van der Waals surface area contributed by atoms with Gasteiger partial charge in [-0.1, -0.05) is 31.4 Å². The summed E-state index contributed by atoms with van der Waals surface area (Å²) in [6.07, 6.45) is 1.64. The summed E-state index contributed by atoms with van der Waals surface area (Å²) in [5.41, 5.74) is 0.843. The van der Waals surface area contributed by atoms with Crippen LogP contribution in [0.5, 0.6) is 5.75 Å². The second-order valence-electron chi connectivity index (χ2n) is 8.33. The monoisotopic (exact) mass is 436 g/mol. The molecule has 1 aliphatic heterocycles. The van der Waals surface area contributed by atoms with Gasteiger partial charge in [-0.3, -0.25) is 4.79 Å². The molecule has 0 unspecified atom stereocenters. The minimum Gasteiger partial charge on any atom is -0.497 e. The molecule has 31 heavy (non-hydrogen) atoms. The van der Waals surface area contributed by atoms with E-state index in [-0.39, 0.29) is 29.8 Å². The zero-order chi connectivity index (χ0) is 22.2. The van der Waals surface area contributed by atoms with E-state index in [0.717, 1.165) is 36.8 Å². The summed E-state index contributed by atoms with van der Waals surface area (Å²) < 4.78 is 47.9. The fourth-order valence-corrected chi connectivity index (χ4v) is 4.62. The van der Waals surface area contributed by atoms with Crippen molar-refractivity contribution in [2.24, 2.45) is 0 Å². The van der Waals surface area contributed by atoms with Gasteiger partial charge in [0, 0.05) is 19.5 Å². The summed E-state index contributed by atoms with van der Waals surface area (Å²) in [5, 5.41) is 7.13. The zero-order valence-corrected chi connectivity index (χ0v) is 17.7. The average molecular weight is 436 g/mol. The molecule has 1 N–H and O–H groups in total. The number of fused-ring (bicyclic) bond motifs is 1. The number of methoxy groups -OCH3 is 1. The lowest BCUT2D eigenvalue weighted by molar-refractivity contribution is -0.173. The summed E-state index contributed by atoms with van der Waals surface area (Å²) in [7, 11) is 3.24. The largest absolute Gasteiger partial charge is 0.497 e. The first-order chi connectivity index (χ1) is 14.8. The van der Waals surface area contributed by atoms with Crippen LogP contribution in [0.15, 0.2) is 30.5 Å². The van der Waals surface area contributed by atoms with Crippen LogP contribution >= 0.6 is 0 Å². The number of hydrogen-bond donors (Lipinski definition) is 1. The Kier molecular flexibility index (Phi) is 5.85. The van der Waals surface area contributed by atoms with Crippen LogP contribution in [0, 0.1) is 0 Å². The highest BCUT2D eigenvalue weighted by Crippen LogP contribution is 2.45. The van der Waals surface area contributed by atoms with E-state index < -0.39 is 18.3 Å². The number of carbonyl (C=O) groups is 1. The molecule has 2 aromatic rings. The predicted molar refractivity (Wildman–Crippen MR) is 110 cm³/mol. The number of ether oxygens (including phenoxy) is 1. The molecular formula is C22H27F3N4O2. The first kappa shape index (κ1) is 21.5. The van der Waals surface area contributed by atoms with Gasteiger partial charge in [-0.25, -0.2) is 4.68 Å². The van der Waals surface area contributed by atoms with Crippen LogP contribution in [0.2, 0.25) is 0 Å². The molecule has 1 aromatic heterocycles. The molecule has 2 aliphatic rings. The maximum atomic E-state index is 13.9. The van der Waals surface area contributed by atoms with E-state index in [1.807, 2.05) is 0 Å². The van der Waals surface area contributed by atoms with E-state index >= 15 is 0 Å². The van der Waals surface area contributed by atoms with Crippen LogP contribution < -0.4 is 10.1 Å². The molecule has 0 bridgehead atoms. The number of nitrogens with one attached hydrogen (secondary N) is 1. The number of amides is 1. The fourth-order valence-electron chi connectivity index (χ4n) is 4.62. The van der Waals surface area contributed by atoms with Crippen LogP contribution in [-0.4, -0.2) is 47.0 Å². The highest BCUT2D eigenvalue weighted by atomic mass is 19.4. The molecule has 1 fully saturated rings. The van der Waals surface area contributed by atoms with E-state index in [1.165, 1.54) is 13.3 Å². The number of anilines is 1. The van der Waals surface area contributed by atoms with E-state index in [4.69, 9.17) is 4.74 Å². The van der Waals surface area contributed by atoms with Gasteiger partial charge in [-0.2, -0.15) is 18.3 Å². The van der Waals surface area contributed by atoms with Gasteiger partial charge in [-0.05, 0) is 30.5 Å². The number of aromatic nitrogens is 2. The van der Waals surface area contributed by atoms with Crippen molar-refractivity contribution in [3.05, 3.63) is 41.6 Å². The molecular weight excluding hydrogens is 409 g/mol. The van der Waals surface area contributed by atoms with Crippen molar-refractivity contribution in [1.29, 1.82) is 0 Å². The SMILES string of the molecule is COc1cccc([C@H]2C[C@H](C(F)(F)F)n3ncc(C(=O)N(C)C4CCCCC4)c3N2)c1. The highest BCUT2D eigenvalue weighted by molar-refractivity contribution is 5.99. The third kappa shape index (κ3) is 4.22. The molecule has 1 aliphatic carbocycles. The minimum atomic E-state index is -4.49. The van der Waals surface area contributed by atoms with Crippen molar-refractivity contribution in [3.8, 4) is 5.75 Å². The van der Waals surface area contributed by atoms with Gasteiger partial charge in [0.25, 0.3) is 5.91 Å². The average Bonchev–Trinajstić information content (AvgIpc) is 3.21. The van der Waals surface area contributed by atoms with Crippen LogP contribution in [0.25, 0.3) is 0 Å². The van der Waals surface area contributed by atoms with Crippen molar-refractivity contribution >= 4 is 11.7 Å². The molecule has 9 heteroatoms. The summed E-state index contributed by atoms with van der Waals surface area (Å²) in [6.45, 7) is 0. The molecule has 2 atom stereocenters. The maximum Gasteiger partial charge on any atom is 0.410 e. The second kappa shape index (κ2) is 8.43. The number of alkyl halides is 3. The van der Waals surface area contributed by atoms with Crippen molar-refractivity contribution in [2.75, 3.05) is 19.5 Å². The third-order valence-electron chi connectivity index (χ3n) is 6.41. The van der Waals surface area contributed by atoms with Gasteiger partial charge in [-0.15, -0.1) is 0 Å². The van der Waals surface area contributed by atoms with E-state index in [1.54, 1.807) is 36.2 Å². The quantitative estimate of drug-likeness (QED) is 0.736. The number of halogens is 3. The van der Waals surface area contributed by atoms with E-state index in [0.29, 0.717) is 11.3 Å². The Morgan fingerprint density at radius 1 is 1.26 bits per heavy atom. The summed E-state index contributed by atoms with van der Waals surface area (Å²) in [6, 6.07) is 4.62. The van der Waals surface area contributed by atoms with Gasteiger partial charge in [0.15, 0.2) is 6.04 Å². The standard InChI is InChI=1S/C22H27F3N4O2/c1-28(15-8-4-3-5-9-15)21(30)17-13-26-29-19(22(23,24)25)12-18(27-20(17)29)14-7-6-10-16(11-14)31-2/h6-7,10-11,13,15,18-19,27H,3-5,8-9,12H2,1-2H3/t18-,19-/m1/s1. The van der Waals surface area contributed by atoms with E-state index in [2.05, 4.69) is 10.4 Å². The van der Waals surface area contributed by atoms with Gasteiger partial charge in [0.05, 0.1) is 19.3 Å². The Bertz CT molecular complexity index is 937. The third-order valence-corrected chi connectivity index (χ3v) is 6.41. The first-order valence-electron chi connectivity index (χ1n) is 10.6. The zero-order valence-electron chi connectivity index (χ0n) is 17.7. The number of rotatable bonds is 4. The van der Waals surface area contributed by atoms with Crippen LogP contribution in [0.4, 0.5) is 19.0 Å². The lowest BCUT2D eigenvalue weighted by atomic mass is 9.94. The summed E-state index contributed by atoms with van der Waals surface area (Å²) >= 11 is 0. The highest BCUT2D eigenvalue weighted by Gasteiger charge is 2.47. The van der Waals surface area contributed by atoms with Crippen molar-refractivity contribution < 1.29 is 22.7 Å². The Hall–Kier alpha value is -2.71. The smallest absolute Gasteiger partial charge is 0.410 e. The van der Waals surface area contributed by atoms with E-state index in [9.17, 15) is 18.0 Å². The molecule has 168 valence electrons. The Labute approximate surface area is 179 Å². The van der Waals surface area contributed by atoms with Gasteiger partial charge in [0.2, 0.25) is 0 Å². The number of carbonyl (C=O) groups excluding carboxylic acids is 1.